The molecule has 0 spiro atoms. The topological polar surface area (TPSA) is 131 Å². The molecular weight excluding hydrogens is 313 g/mol. The van der Waals surface area contributed by atoms with Crippen molar-refractivity contribution in [2.75, 3.05) is 18.8 Å². The molecule has 2 unspecified atom stereocenters. The van der Waals surface area contributed by atoms with Crippen LogP contribution in [-0.2, 0) is 14.2 Å². The Morgan fingerprint density at radius 2 is 2.29 bits per heavy atom. The molecule has 1 rings (SSSR count). The second kappa shape index (κ2) is 8.14. The van der Waals surface area contributed by atoms with Gasteiger partial charge in [0, 0.05) is 18.8 Å². The number of rotatable bonds is 7. The molecule has 0 aromatic heterocycles. The molecule has 1 fully saturated rings. The van der Waals surface area contributed by atoms with Gasteiger partial charge in [-0.3, -0.25) is 19.7 Å². The van der Waals surface area contributed by atoms with Crippen LogP contribution in [0.1, 0.15) is 26.2 Å². The Kier molecular flexibility index (Phi) is 7.15. The lowest BCUT2D eigenvalue weighted by Crippen LogP contribution is -2.60. The Bertz CT molecular complexity index is 425. The van der Waals surface area contributed by atoms with E-state index in [0.29, 0.717) is 19.5 Å². The number of amides is 2. The molecule has 0 saturated carbocycles. The molecular formula is C11H24N5O3PS. The van der Waals surface area contributed by atoms with Crippen LogP contribution in [0.5, 0.6) is 0 Å². The average molecular weight is 337 g/mol. The van der Waals surface area contributed by atoms with E-state index in [0.717, 1.165) is 11.4 Å². The number of thiol groups is 1. The number of hydrogen-bond donors (Lipinski definition) is 5. The summed E-state index contributed by atoms with van der Waals surface area (Å²) in [6, 6.07) is -0.757. The summed E-state index contributed by atoms with van der Waals surface area (Å²) in [5.74, 6) is 4.83. The van der Waals surface area contributed by atoms with Crippen LogP contribution in [0.25, 0.3) is 0 Å². The van der Waals surface area contributed by atoms with Gasteiger partial charge in [-0.25, -0.2) is 5.84 Å². The maximum atomic E-state index is 12.5. The van der Waals surface area contributed by atoms with Crippen molar-refractivity contribution in [1.29, 1.82) is 0 Å². The molecule has 21 heavy (non-hydrogen) atoms. The molecule has 1 saturated heterocycles. The van der Waals surface area contributed by atoms with E-state index < -0.39 is 25.2 Å². The fourth-order valence-corrected chi connectivity index (χ4v) is 4.03. The summed E-state index contributed by atoms with van der Waals surface area (Å²) in [6.45, 7) is 2.84. The number of nitrogens with zero attached hydrogens (tertiary/aromatic N) is 1. The third-order valence-corrected chi connectivity index (χ3v) is 5.62. The second-order valence-corrected chi connectivity index (χ2v) is 7.28. The monoisotopic (exact) mass is 337 g/mol. The first kappa shape index (κ1) is 18.4. The molecule has 8 nitrogen and oxygen atoms in total. The molecule has 1 aliphatic heterocycles. The first-order chi connectivity index (χ1) is 9.86. The van der Waals surface area contributed by atoms with E-state index in [9.17, 15) is 14.2 Å². The fraction of sp³-hybridized carbons (Fsp3) is 0.818. The van der Waals surface area contributed by atoms with Crippen molar-refractivity contribution in [3.8, 4) is 0 Å². The smallest absolute Gasteiger partial charge is 0.265 e. The first-order valence-electron chi connectivity index (χ1n) is 6.92. The Hall–Kier alpha value is -0.600. The maximum Gasteiger partial charge on any atom is 0.265 e. The van der Waals surface area contributed by atoms with Gasteiger partial charge in [0.1, 0.15) is 6.04 Å². The number of carbonyl (C=O) groups excluding carboxylic acids is 2. The van der Waals surface area contributed by atoms with E-state index in [1.807, 2.05) is 6.92 Å². The third kappa shape index (κ3) is 4.43. The summed E-state index contributed by atoms with van der Waals surface area (Å²) >= 11 is 4.08. The maximum absolute atomic E-state index is 12.5. The zero-order valence-corrected chi connectivity index (χ0v) is 14.0. The Balaban J connectivity index is 2.73. The second-order valence-electron chi connectivity index (χ2n) is 5.07. The number of piperidine rings is 1. The molecule has 1 heterocycles. The molecule has 0 aromatic carbocycles. The van der Waals surface area contributed by atoms with Gasteiger partial charge >= 0.3 is 0 Å². The summed E-state index contributed by atoms with van der Waals surface area (Å²) < 4.78 is 12.5. The predicted molar refractivity (Wildman–Crippen MR) is 85.1 cm³/mol. The molecule has 1 aliphatic rings. The number of hydrogen-bond acceptors (Lipinski definition) is 6. The molecule has 6 N–H and O–H groups in total. The van der Waals surface area contributed by atoms with Crippen molar-refractivity contribution < 1.29 is 14.2 Å². The quantitative estimate of drug-likeness (QED) is 0.176. The summed E-state index contributed by atoms with van der Waals surface area (Å²) in [7, 11) is -2.75. The molecule has 2 amide bonds. The Morgan fingerprint density at radius 3 is 2.86 bits per heavy atom. The minimum absolute atomic E-state index is 0.155. The van der Waals surface area contributed by atoms with Gasteiger partial charge in [0.25, 0.3) is 5.91 Å². The van der Waals surface area contributed by atoms with Crippen molar-refractivity contribution >= 4 is 32.4 Å². The lowest BCUT2D eigenvalue weighted by molar-refractivity contribution is -0.137. The van der Waals surface area contributed by atoms with Crippen molar-refractivity contribution in [1.82, 2.24) is 15.4 Å². The van der Waals surface area contributed by atoms with Crippen molar-refractivity contribution in [3.05, 3.63) is 0 Å². The van der Waals surface area contributed by atoms with Gasteiger partial charge in [-0.15, -0.1) is 0 Å². The molecule has 0 radical (unpaired) electrons. The largest absolute Gasteiger partial charge is 0.355 e. The van der Waals surface area contributed by atoms with Crippen LogP contribution in [0.2, 0.25) is 0 Å². The lowest BCUT2D eigenvalue weighted by Gasteiger charge is -2.36. The number of nitrogens with two attached hydrogens (primary N) is 2. The van der Waals surface area contributed by atoms with Gasteiger partial charge in [-0.1, -0.05) is 6.92 Å². The van der Waals surface area contributed by atoms with Crippen LogP contribution >= 0.6 is 20.6 Å². The number of hydrazine groups is 1. The highest BCUT2D eigenvalue weighted by atomic mass is 32.1. The molecule has 0 bridgehead atoms. The van der Waals surface area contributed by atoms with E-state index in [1.165, 1.54) is 0 Å². The van der Waals surface area contributed by atoms with Crippen molar-refractivity contribution in [2.24, 2.45) is 11.6 Å². The molecule has 10 heteroatoms. The van der Waals surface area contributed by atoms with Crippen molar-refractivity contribution in [3.63, 3.8) is 0 Å². The van der Waals surface area contributed by atoms with Gasteiger partial charge in [-0.05, 0) is 19.3 Å². The number of nitrogens with one attached hydrogen (secondary N) is 2. The van der Waals surface area contributed by atoms with Gasteiger partial charge in [-0.2, -0.15) is 12.6 Å². The zero-order chi connectivity index (χ0) is 16.0. The van der Waals surface area contributed by atoms with Gasteiger partial charge in [0.05, 0.1) is 0 Å². The highest BCUT2D eigenvalue weighted by Gasteiger charge is 2.45. The molecule has 0 aliphatic carbocycles. The van der Waals surface area contributed by atoms with E-state index in [1.54, 1.807) is 0 Å². The summed E-state index contributed by atoms with van der Waals surface area (Å²) in [6.07, 6.45) is 1.65. The van der Waals surface area contributed by atoms with E-state index in [2.05, 4.69) is 23.0 Å². The molecule has 0 aromatic rings. The Labute approximate surface area is 130 Å². The third-order valence-electron chi connectivity index (χ3n) is 3.37. The SMILES string of the molecule is CCCNC(=O)C(CS)N[PH](=O)[C@@]1(N)CCCN(N)C1=O. The van der Waals surface area contributed by atoms with Gasteiger partial charge < -0.3 is 15.6 Å². The van der Waals surface area contributed by atoms with Gasteiger partial charge in [0.15, 0.2) is 13.2 Å². The normalized spacial score (nSPS) is 25.5. The van der Waals surface area contributed by atoms with Crippen molar-refractivity contribution in [2.45, 2.75) is 37.5 Å². The Morgan fingerprint density at radius 1 is 1.62 bits per heavy atom. The van der Waals surface area contributed by atoms with Crippen LogP contribution in [0.3, 0.4) is 0 Å². The zero-order valence-electron chi connectivity index (χ0n) is 12.1. The van der Waals surface area contributed by atoms with Crippen LogP contribution in [0.4, 0.5) is 0 Å². The van der Waals surface area contributed by atoms with E-state index in [4.69, 9.17) is 11.6 Å². The molecule has 3 atom stereocenters. The van der Waals surface area contributed by atoms with E-state index >= 15 is 0 Å². The van der Waals surface area contributed by atoms with Crippen LogP contribution in [0.15, 0.2) is 0 Å². The predicted octanol–water partition coefficient (Wildman–Crippen LogP) is -0.974. The number of carbonyl (C=O) groups is 2. The van der Waals surface area contributed by atoms with Crippen LogP contribution in [-0.4, -0.2) is 47.0 Å². The molecule has 122 valence electrons. The average Bonchev–Trinajstić information content (AvgIpc) is 2.47. The van der Waals surface area contributed by atoms with E-state index in [-0.39, 0.29) is 18.1 Å². The minimum Gasteiger partial charge on any atom is -0.355 e. The summed E-state index contributed by atoms with van der Waals surface area (Å²) in [5, 5.41) is 4.81. The minimum atomic E-state index is -2.75. The highest BCUT2D eigenvalue weighted by molar-refractivity contribution is 7.80. The summed E-state index contributed by atoms with van der Waals surface area (Å²) in [5.41, 5.74) is 5.98. The summed E-state index contributed by atoms with van der Waals surface area (Å²) in [4.78, 5) is 23.9. The fourth-order valence-electron chi connectivity index (χ4n) is 2.06. The van der Waals surface area contributed by atoms with Crippen LogP contribution < -0.4 is 22.0 Å². The standard InChI is InChI=1S/C11H24N5O3PS/c1-2-5-14-9(17)8(7-21)15-20(19)11(12)4-3-6-16(13)10(11)18/h8,20-21H,2-7,12-13H2,1H3,(H,14,17)(H,15,19)/t8?,11-/m0/s1. The van der Waals surface area contributed by atoms with Crippen LogP contribution in [0, 0.1) is 0 Å². The first-order valence-corrected chi connectivity index (χ1v) is 8.96. The van der Waals surface area contributed by atoms with Gasteiger partial charge in [0.2, 0.25) is 5.91 Å². The lowest BCUT2D eigenvalue weighted by atomic mass is 10.1. The highest BCUT2D eigenvalue weighted by Crippen LogP contribution is 2.38.